The van der Waals surface area contributed by atoms with Crippen LogP contribution < -0.4 is 5.32 Å². The summed E-state index contributed by atoms with van der Waals surface area (Å²) < 4.78 is 10.8. The summed E-state index contributed by atoms with van der Waals surface area (Å²) in [7, 11) is 0. The van der Waals surface area contributed by atoms with E-state index >= 15 is 0 Å². The molecule has 4 heteroatoms. The number of nitrogens with one attached hydrogen (secondary N) is 1. The van der Waals surface area contributed by atoms with Gasteiger partial charge in [0.05, 0.1) is 19.3 Å². The van der Waals surface area contributed by atoms with E-state index in [0.717, 1.165) is 13.0 Å². The molecule has 2 unspecified atom stereocenters. The summed E-state index contributed by atoms with van der Waals surface area (Å²) in [4.78, 5) is 11.4. The van der Waals surface area contributed by atoms with Gasteiger partial charge in [0.25, 0.3) is 0 Å². The van der Waals surface area contributed by atoms with Crippen molar-refractivity contribution in [2.75, 3.05) is 19.8 Å². The minimum absolute atomic E-state index is 0.148. The summed E-state index contributed by atoms with van der Waals surface area (Å²) in [6.07, 6.45) is 6.48. The van der Waals surface area contributed by atoms with E-state index in [1.54, 1.807) is 0 Å². The van der Waals surface area contributed by atoms with E-state index in [4.69, 9.17) is 9.47 Å². The molecule has 104 valence electrons. The van der Waals surface area contributed by atoms with Gasteiger partial charge in [-0.1, -0.05) is 12.8 Å². The van der Waals surface area contributed by atoms with Gasteiger partial charge >= 0.3 is 5.97 Å². The number of carbonyl (C=O) groups is 1. The third kappa shape index (κ3) is 2.54. The fourth-order valence-electron chi connectivity index (χ4n) is 3.59. The number of rotatable bonds is 6. The number of carbonyl (C=O) groups excluding carboxylic acids is 1. The highest BCUT2D eigenvalue weighted by atomic mass is 16.5. The van der Waals surface area contributed by atoms with E-state index in [2.05, 4.69) is 12.2 Å². The normalized spacial score (nSPS) is 29.2. The molecule has 0 aromatic heterocycles. The smallest absolute Gasteiger partial charge is 0.319 e. The van der Waals surface area contributed by atoms with E-state index < -0.39 is 0 Å². The molecule has 0 bridgehead atoms. The maximum Gasteiger partial charge on any atom is 0.319 e. The highest BCUT2D eigenvalue weighted by Gasteiger charge is 2.56. The molecule has 0 aliphatic heterocycles. The van der Waals surface area contributed by atoms with Gasteiger partial charge in [-0.2, -0.15) is 0 Å². The lowest BCUT2D eigenvalue weighted by Crippen LogP contribution is -2.63. The first kappa shape index (κ1) is 13.8. The highest BCUT2D eigenvalue weighted by molar-refractivity contribution is 5.71. The SMILES string of the molecule is CCOC(=O)CNC1CC(OCC)C12CCCC2. The van der Waals surface area contributed by atoms with Gasteiger partial charge in [-0.05, 0) is 33.1 Å². The first-order chi connectivity index (χ1) is 8.73. The molecule has 4 nitrogen and oxygen atoms in total. The van der Waals surface area contributed by atoms with Crippen molar-refractivity contribution < 1.29 is 14.3 Å². The molecule has 0 saturated heterocycles. The van der Waals surface area contributed by atoms with Crippen LogP contribution in [-0.2, 0) is 14.3 Å². The quantitative estimate of drug-likeness (QED) is 0.736. The fourth-order valence-corrected chi connectivity index (χ4v) is 3.59. The second-order valence-corrected chi connectivity index (χ2v) is 5.36. The largest absolute Gasteiger partial charge is 0.465 e. The van der Waals surface area contributed by atoms with E-state index in [1.807, 2.05) is 6.92 Å². The zero-order valence-corrected chi connectivity index (χ0v) is 11.5. The van der Waals surface area contributed by atoms with Gasteiger partial charge in [0.1, 0.15) is 0 Å². The molecule has 2 fully saturated rings. The summed E-state index contributed by atoms with van der Waals surface area (Å²) in [6.45, 7) is 5.47. The topological polar surface area (TPSA) is 47.6 Å². The van der Waals surface area contributed by atoms with Crippen molar-refractivity contribution in [2.24, 2.45) is 5.41 Å². The molecular formula is C14H25NO3. The second-order valence-electron chi connectivity index (χ2n) is 5.36. The van der Waals surface area contributed by atoms with Crippen LogP contribution in [-0.4, -0.2) is 37.9 Å². The third-order valence-electron chi connectivity index (χ3n) is 4.49. The molecule has 0 amide bonds. The number of hydrogen-bond acceptors (Lipinski definition) is 4. The van der Waals surface area contributed by atoms with Crippen molar-refractivity contribution in [1.29, 1.82) is 0 Å². The summed E-state index contributed by atoms with van der Waals surface area (Å²) in [5, 5.41) is 3.37. The summed E-state index contributed by atoms with van der Waals surface area (Å²) >= 11 is 0. The van der Waals surface area contributed by atoms with Crippen molar-refractivity contribution in [3.63, 3.8) is 0 Å². The molecule has 2 saturated carbocycles. The Bertz CT molecular complexity index is 287. The predicted octanol–water partition coefficient (Wildman–Crippen LogP) is 1.88. The monoisotopic (exact) mass is 255 g/mol. The lowest BCUT2D eigenvalue weighted by atomic mass is 9.60. The van der Waals surface area contributed by atoms with Gasteiger partial charge in [-0.25, -0.2) is 0 Å². The Labute approximate surface area is 109 Å². The molecule has 0 heterocycles. The summed E-state index contributed by atoms with van der Waals surface area (Å²) in [5.41, 5.74) is 0.294. The van der Waals surface area contributed by atoms with Crippen molar-refractivity contribution in [1.82, 2.24) is 5.32 Å². The van der Waals surface area contributed by atoms with Gasteiger partial charge in [0, 0.05) is 18.1 Å². The van der Waals surface area contributed by atoms with E-state index in [9.17, 15) is 4.79 Å². The molecule has 1 spiro atoms. The van der Waals surface area contributed by atoms with Crippen LogP contribution in [0.3, 0.4) is 0 Å². The molecule has 2 aliphatic carbocycles. The minimum atomic E-state index is -0.148. The summed E-state index contributed by atoms with van der Waals surface area (Å²) in [6, 6.07) is 0.431. The zero-order valence-electron chi connectivity index (χ0n) is 11.5. The van der Waals surface area contributed by atoms with Gasteiger partial charge in [0.15, 0.2) is 0 Å². The minimum Gasteiger partial charge on any atom is -0.465 e. The van der Waals surface area contributed by atoms with Crippen LogP contribution in [0.1, 0.15) is 46.0 Å². The van der Waals surface area contributed by atoms with Crippen LogP contribution in [0.2, 0.25) is 0 Å². The van der Waals surface area contributed by atoms with Crippen molar-refractivity contribution in [3.05, 3.63) is 0 Å². The number of hydrogen-bond donors (Lipinski definition) is 1. The van der Waals surface area contributed by atoms with Gasteiger partial charge < -0.3 is 14.8 Å². The van der Waals surface area contributed by atoms with Crippen LogP contribution in [0, 0.1) is 5.41 Å². The molecule has 2 aliphatic rings. The molecular weight excluding hydrogens is 230 g/mol. The third-order valence-corrected chi connectivity index (χ3v) is 4.49. The molecule has 2 rings (SSSR count). The Kier molecular flexibility index (Phi) is 4.62. The lowest BCUT2D eigenvalue weighted by Gasteiger charge is -2.54. The van der Waals surface area contributed by atoms with E-state index in [-0.39, 0.29) is 5.97 Å². The van der Waals surface area contributed by atoms with Crippen LogP contribution in [0.15, 0.2) is 0 Å². The molecule has 0 aromatic rings. The first-order valence-corrected chi connectivity index (χ1v) is 7.23. The average Bonchev–Trinajstić information content (AvgIpc) is 2.85. The number of esters is 1. The Morgan fingerprint density at radius 2 is 2.00 bits per heavy atom. The van der Waals surface area contributed by atoms with Crippen LogP contribution in [0.25, 0.3) is 0 Å². The van der Waals surface area contributed by atoms with Crippen LogP contribution >= 0.6 is 0 Å². The Hall–Kier alpha value is -0.610. The molecule has 0 radical (unpaired) electrons. The van der Waals surface area contributed by atoms with E-state index in [1.165, 1.54) is 25.7 Å². The van der Waals surface area contributed by atoms with Gasteiger partial charge in [0.2, 0.25) is 0 Å². The van der Waals surface area contributed by atoms with E-state index in [0.29, 0.717) is 30.7 Å². The van der Waals surface area contributed by atoms with Crippen LogP contribution in [0.5, 0.6) is 0 Å². The number of ether oxygens (including phenoxy) is 2. The predicted molar refractivity (Wildman–Crippen MR) is 69.4 cm³/mol. The molecule has 18 heavy (non-hydrogen) atoms. The van der Waals surface area contributed by atoms with Crippen molar-refractivity contribution in [2.45, 2.75) is 58.1 Å². The molecule has 1 N–H and O–H groups in total. The zero-order chi connectivity index (χ0) is 13.0. The lowest BCUT2D eigenvalue weighted by molar-refractivity contribution is -0.147. The fraction of sp³-hybridized carbons (Fsp3) is 0.929. The second kappa shape index (κ2) is 6.02. The van der Waals surface area contributed by atoms with Crippen LogP contribution in [0.4, 0.5) is 0 Å². The maximum absolute atomic E-state index is 11.4. The molecule has 0 aromatic carbocycles. The van der Waals surface area contributed by atoms with Gasteiger partial charge in [-0.15, -0.1) is 0 Å². The van der Waals surface area contributed by atoms with Crippen molar-refractivity contribution in [3.8, 4) is 0 Å². The standard InChI is InChI=1S/C14H25NO3/c1-3-17-12-9-11(14(12)7-5-6-8-14)15-10-13(16)18-4-2/h11-12,15H,3-10H2,1-2H3. The average molecular weight is 255 g/mol. The maximum atomic E-state index is 11.4. The first-order valence-electron chi connectivity index (χ1n) is 7.23. The van der Waals surface area contributed by atoms with Crippen molar-refractivity contribution >= 4 is 5.97 Å². The molecule has 2 atom stereocenters. The van der Waals surface area contributed by atoms with Gasteiger partial charge in [-0.3, -0.25) is 4.79 Å². The Morgan fingerprint density at radius 3 is 2.61 bits per heavy atom. The Balaban J connectivity index is 1.84. The highest BCUT2D eigenvalue weighted by Crippen LogP contribution is 2.54. The summed E-state index contributed by atoms with van der Waals surface area (Å²) in [5.74, 6) is -0.148. The Morgan fingerprint density at radius 1 is 1.28 bits per heavy atom.